The third kappa shape index (κ3) is 15.0. The number of nitrogens with zero attached hydrogens (tertiary/aromatic N) is 8. The molecule has 2 aliphatic heterocycles. The number of Topliss-reactive ketones (excluding diaryl/α,β-unsaturated/α-hetero) is 1. The number of hydrogen-bond acceptors (Lipinski definition) is 20. The van der Waals surface area contributed by atoms with E-state index in [0.29, 0.717) is 0 Å². The number of fused-ring (bicyclic) bond motifs is 2. The summed E-state index contributed by atoms with van der Waals surface area (Å²) < 4.78 is 50.7. The topological polar surface area (TPSA) is 310 Å². The van der Waals surface area contributed by atoms with Crippen molar-refractivity contribution in [1.82, 2.24) is 49.4 Å². The molecule has 0 radical (unpaired) electrons. The van der Waals surface area contributed by atoms with Gasteiger partial charge in [-0.25, -0.2) is 20.0 Å². The molecule has 2 aliphatic rings. The van der Waals surface area contributed by atoms with Crippen LogP contribution < -0.4 is 26.8 Å². The predicted molar refractivity (Wildman–Crippen MR) is 348 cm³/mol. The second kappa shape index (κ2) is 29.0. The maximum atomic E-state index is 13.8. The Balaban J connectivity index is 1.17. The molecule has 90 heavy (non-hydrogen) atoms. The van der Waals surface area contributed by atoms with Gasteiger partial charge in [0.1, 0.15) is 43.3 Å². The summed E-state index contributed by atoms with van der Waals surface area (Å²) in [5.41, 5.74) is 0.883. The lowest BCUT2D eigenvalue weighted by atomic mass is 9.75. The molecule has 2 fully saturated rings. The molecule has 7 aromatic rings. The molecule has 476 valence electrons. The number of benzene rings is 3. The highest BCUT2D eigenvalue weighted by molar-refractivity contribution is 8.09. The van der Waals surface area contributed by atoms with Crippen molar-refractivity contribution in [3.8, 4) is 12.1 Å². The molecule has 2 saturated heterocycles. The Hall–Kier alpha value is -6.49. The minimum absolute atomic E-state index is 0.0326. The molecule has 3 aromatic carbocycles. The van der Waals surface area contributed by atoms with E-state index in [4.69, 9.17) is 65.6 Å². The number of carbonyl (C=O) groups excluding carboxylic acids is 2. The normalized spacial score (nSPS) is 21.4. The molecule has 0 aliphatic carbocycles. The summed E-state index contributed by atoms with van der Waals surface area (Å²) >= 11 is 12.3. The smallest absolute Gasteiger partial charge is 0.408 e. The van der Waals surface area contributed by atoms with Gasteiger partial charge < -0.3 is 27.9 Å². The summed E-state index contributed by atoms with van der Waals surface area (Å²) in [6, 6.07) is 32.8. The van der Waals surface area contributed by atoms with Crippen molar-refractivity contribution in [1.29, 1.82) is 10.5 Å². The van der Waals surface area contributed by atoms with Gasteiger partial charge in [0.15, 0.2) is 36.9 Å². The molecular formula is C61H76N13O11P2S2Si+. The molecule has 24 nitrogen and oxygen atoms in total. The lowest BCUT2D eigenvalue weighted by Gasteiger charge is -2.42. The van der Waals surface area contributed by atoms with E-state index in [1.54, 1.807) is 36.8 Å². The number of nitriles is 2. The van der Waals surface area contributed by atoms with Crippen molar-refractivity contribution in [2.75, 3.05) is 31.7 Å². The largest absolute Gasteiger partial charge is 0.521 e. The average Bonchev–Trinajstić information content (AvgIpc) is 1.39. The van der Waals surface area contributed by atoms with Gasteiger partial charge in [-0.15, -0.1) is 9.05 Å². The van der Waals surface area contributed by atoms with Crippen molar-refractivity contribution in [3.63, 3.8) is 0 Å². The van der Waals surface area contributed by atoms with Gasteiger partial charge >= 0.3 is 7.15 Å². The van der Waals surface area contributed by atoms with Gasteiger partial charge in [0.25, 0.3) is 17.8 Å². The first-order valence-electron chi connectivity index (χ1n) is 29.7. The van der Waals surface area contributed by atoms with E-state index < -0.39 is 93.5 Å². The highest BCUT2D eigenvalue weighted by Crippen LogP contribution is 2.52. The first-order valence-corrected chi connectivity index (χ1v) is 37.4. The van der Waals surface area contributed by atoms with Crippen LogP contribution in [0, 0.1) is 40.4 Å². The van der Waals surface area contributed by atoms with Crippen LogP contribution in [0.5, 0.6) is 0 Å². The van der Waals surface area contributed by atoms with Crippen LogP contribution in [-0.4, -0.2) is 116 Å². The highest BCUT2D eigenvalue weighted by Gasteiger charge is 2.55. The third-order valence-corrected chi connectivity index (χ3v) is 24.9. The standard InChI is InChI=1S/C61H75N13O11P2S2Si/c1-37(2)43(75)32-46-66-52-49(55(77)67-46)64-35-73(52)57-39(5)47(71-61(40-22-14-11-15-23-40,41-24-16-12-17-25-41)42-26-18-13-19-27-42)45(83-57)34-82-87(89,81-31-21-29-63)72-48-44(33-80-86(88)79-30-20-28-62)84-58(51(48)85-90(9,10)60(6,7)8)74-36-65-50-53(74)68-59(70-56(50)78)69-54(76)38(3)4/h11-19,22-27,35-39,44-45,47-48,51,57-58,71H,20-21,30-34H2,1-10H3,(H3-,66,67,68,69,70,72,76,77,78,89)/p+1/t39-,44-,45-,47+,48-,51-,57-,58-,87?/m1/s1. The summed E-state index contributed by atoms with van der Waals surface area (Å²) in [5.74, 6) is -1.63. The number of amides is 1. The van der Waals surface area contributed by atoms with Crippen molar-refractivity contribution in [2.24, 2.45) is 17.8 Å². The summed E-state index contributed by atoms with van der Waals surface area (Å²) in [5, 5.41) is 29.3. The van der Waals surface area contributed by atoms with E-state index >= 15 is 0 Å². The van der Waals surface area contributed by atoms with Gasteiger partial charge in [0, 0.05) is 23.8 Å². The quantitative estimate of drug-likeness (QED) is 0.0132. The second-order valence-corrected chi connectivity index (χ2v) is 34.1. The zero-order chi connectivity index (χ0) is 64.7. The minimum atomic E-state index is -3.93. The summed E-state index contributed by atoms with van der Waals surface area (Å²) in [7, 11) is -4.85. The molecule has 4 aromatic heterocycles. The van der Waals surface area contributed by atoms with E-state index in [-0.39, 0.29) is 102 Å². The summed E-state index contributed by atoms with van der Waals surface area (Å²) in [4.78, 5) is 77.5. The van der Waals surface area contributed by atoms with Crippen molar-refractivity contribution in [3.05, 3.63) is 147 Å². The van der Waals surface area contributed by atoms with Crippen LogP contribution in [0.2, 0.25) is 18.1 Å². The maximum absolute atomic E-state index is 13.8. The van der Waals surface area contributed by atoms with Gasteiger partial charge in [-0.05, 0) is 46.6 Å². The molecule has 9 rings (SSSR count). The van der Waals surface area contributed by atoms with Crippen LogP contribution in [-0.2, 0) is 77.2 Å². The molecule has 10 atom stereocenters. The van der Waals surface area contributed by atoms with Crippen molar-refractivity contribution in [2.45, 2.75) is 141 Å². The van der Waals surface area contributed by atoms with Crippen LogP contribution >= 0.6 is 13.8 Å². The van der Waals surface area contributed by atoms with Crippen LogP contribution in [0.1, 0.15) is 103 Å². The van der Waals surface area contributed by atoms with Gasteiger partial charge in [0.2, 0.25) is 23.7 Å². The molecule has 29 heteroatoms. The predicted octanol–water partition coefficient (Wildman–Crippen LogP) is 9.24. The lowest BCUT2D eigenvalue weighted by Crippen LogP contribution is -2.55. The Bertz CT molecular complexity index is 3850. The SMILES string of the molecule is CC(C)C(=O)Cc1nc2c(ncn2[C@@H]2O[C@H](COP(=S)(N[C@H]3[C@@H](O[Si](C)(C)C(C)(C)C)[C@H](n4cnc5c(=O)[nH]c(NC(=O)C(C)C)nc54)O[C@@H]3CO[P+](=S)OCCC#N)OCCC#N)[C@@H](NC(c3ccccc3)(c3ccccc3)c3ccccc3)[C@H]2C)c(=O)[nH]1. The Morgan fingerprint density at radius 1 is 0.756 bits per heavy atom. The van der Waals surface area contributed by atoms with E-state index in [2.05, 4.69) is 112 Å². The average molecular weight is 1320 g/mol. The lowest BCUT2D eigenvalue weighted by molar-refractivity contribution is -0.121. The maximum Gasteiger partial charge on any atom is 0.521 e. The molecule has 2 unspecified atom stereocenters. The zero-order valence-corrected chi connectivity index (χ0v) is 56.2. The molecular weight excluding hydrogens is 1240 g/mol. The van der Waals surface area contributed by atoms with Crippen LogP contribution in [0.3, 0.4) is 0 Å². The fourth-order valence-electron chi connectivity index (χ4n) is 10.6. The first-order chi connectivity index (χ1) is 42.9. The molecule has 5 N–H and O–H groups in total. The number of hydrogen-bond donors (Lipinski definition) is 5. The fourth-order valence-corrected chi connectivity index (χ4v) is 15.2. The first kappa shape index (κ1) is 67.9. The third-order valence-electron chi connectivity index (χ3n) is 16.5. The Morgan fingerprint density at radius 2 is 1.29 bits per heavy atom. The Labute approximate surface area is 534 Å². The molecule has 0 bridgehead atoms. The van der Waals surface area contributed by atoms with Crippen LogP contribution in [0.25, 0.3) is 22.3 Å². The van der Waals surface area contributed by atoms with E-state index in [9.17, 15) is 29.7 Å². The molecule has 6 heterocycles. The number of carbonyl (C=O) groups is 2. The Morgan fingerprint density at radius 3 is 1.84 bits per heavy atom. The summed E-state index contributed by atoms with van der Waals surface area (Å²) in [6.07, 6.45) is -2.05. The Kier molecular flexibility index (Phi) is 21.9. The number of H-pyrrole nitrogens is 2. The molecule has 1 amide bonds. The number of nitrogens with one attached hydrogen (secondary N) is 5. The summed E-state index contributed by atoms with van der Waals surface area (Å²) in [6.45, 7) is 14.9. The molecule has 0 saturated carbocycles. The van der Waals surface area contributed by atoms with Crippen LogP contribution in [0.15, 0.2) is 113 Å². The van der Waals surface area contributed by atoms with E-state index in [1.165, 1.54) is 12.7 Å². The number of aromatic nitrogens is 8. The van der Waals surface area contributed by atoms with Gasteiger partial charge in [0.05, 0.1) is 75.0 Å². The van der Waals surface area contributed by atoms with Crippen LogP contribution in [0.4, 0.5) is 5.95 Å². The number of ether oxygens (including phenoxy) is 2. The number of imidazole rings is 2. The monoisotopic (exact) mass is 1320 g/mol. The number of aromatic amines is 2. The van der Waals surface area contributed by atoms with Gasteiger partial charge in [-0.2, -0.15) is 15.5 Å². The van der Waals surface area contributed by atoms with Gasteiger partial charge in [-0.3, -0.25) is 43.9 Å². The second-order valence-electron chi connectivity index (χ2n) is 24.3. The zero-order valence-electron chi connectivity index (χ0n) is 51.8. The number of rotatable bonds is 28. The minimum Gasteiger partial charge on any atom is -0.408 e. The van der Waals surface area contributed by atoms with E-state index in [0.717, 1.165) is 16.7 Å². The van der Waals surface area contributed by atoms with Crippen molar-refractivity contribution >= 4 is 85.7 Å². The van der Waals surface area contributed by atoms with Crippen molar-refractivity contribution < 1.29 is 41.6 Å². The fraction of sp³-hybridized carbons (Fsp3) is 0.475. The highest BCUT2D eigenvalue weighted by atomic mass is 32.5. The number of ketones is 1. The van der Waals surface area contributed by atoms with Gasteiger partial charge in [-0.1, -0.05) is 146 Å². The van der Waals surface area contributed by atoms with E-state index in [1.807, 2.05) is 67.6 Å². The number of anilines is 1. The molecule has 0 spiro atoms.